The highest BCUT2D eigenvalue weighted by Crippen LogP contribution is 2.22. The number of fused-ring (bicyclic) bond motifs is 1. The fraction of sp³-hybridized carbons (Fsp3) is 0.588. The molecule has 1 atom stereocenters. The number of aliphatic hydroxyl groups excluding tert-OH is 1. The van der Waals surface area contributed by atoms with E-state index in [0.29, 0.717) is 18.9 Å². The summed E-state index contributed by atoms with van der Waals surface area (Å²) in [5.74, 6) is 0.461. The summed E-state index contributed by atoms with van der Waals surface area (Å²) < 4.78 is 0. The minimum atomic E-state index is 0.0827. The quantitative estimate of drug-likeness (QED) is 0.802. The minimum Gasteiger partial charge on any atom is -0.396 e. The van der Waals surface area contributed by atoms with Gasteiger partial charge in [0, 0.05) is 13.2 Å². The van der Waals surface area contributed by atoms with Crippen molar-refractivity contribution < 1.29 is 9.90 Å². The molecule has 3 heteroatoms. The van der Waals surface area contributed by atoms with E-state index in [1.54, 1.807) is 0 Å². The molecule has 0 saturated carbocycles. The zero-order chi connectivity index (χ0) is 14.4. The Bertz CT molecular complexity index is 456. The Morgan fingerprint density at radius 3 is 2.90 bits per heavy atom. The number of amides is 1. The average molecular weight is 275 g/mol. The fourth-order valence-electron chi connectivity index (χ4n) is 2.87. The average Bonchev–Trinajstić information content (AvgIpc) is 2.91. The Labute approximate surface area is 121 Å². The molecule has 1 unspecified atom stereocenters. The van der Waals surface area contributed by atoms with Crippen molar-refractivity contribution in [3.63, 3.8) is 0 Å². The number of rotatable bonds is 7. The van der Waals surface area contributed by atoms with Gasteiger partial charge in [-0.1, -0.05) is 31.5 Å². The first-order valence-electron chi connectivity index (χ1n) is 7.71. The lowest BCUT2D eigenvalue weighted by atomic mass is 10.0. The van der Waals surface area contributed by atoms with Crippen LogP contribution in [0.25, 0.3) is 0 Å². The summed E-state index contributed by atoms with van der Waals surface area (Å²) in [6.07, 6.45) is 5.78. The maximum Gasteiger partial charge on any atom is 0.224 e. The topological polar surface area (TPSA) is 49.3 Å². The van der Waals surface area contributed by atoms with Crippen LogP contribution in [0.3, 0.4) is 0 Å². The standard InChI is InChI=1S/C17H25NO2/c1-2-13(8-9-19)12-18-17(20)11-14-6-7-15-4-3-5-16(15)10-14/h6-7,10,13,19H,2-5,8-9,11-12H2,1H3,(H,18,20). The molecule has 0 aromatic heterocycles. The lowest BCUT2D eigenvalue weighted by Crippen LogP contribution is -2.30. The van der Waals surface area contributed by atoms with Gasteiger partial charge in [-0.15, -0.1) is 0 Å². The van der Waals surface area contributed by atoms with E-state index in [-0.39, 0.29) is 12.5 Å². The monoisotopic (exact) mass is 275 g/mol. The molecule has 20 heavy (non-hydrogen) atoms. The Hall–Kier alpha value is -1.35. The summed E-state index contributed by atoms with van der Waals surface area (Å²) in [7, 11) is 0. The van der Waals surface area contributed by atoms with E-state index < -0.39 is 0 Å². The van der Waals surface area contributed by atoms with E-state index in [1.807, 2.05) is 0 Å². The van der Waals surface area contributed by atoms with Crippen LogP contribution in [0.2, 0.25) is 0 Å². The summed E-state index contributed by atoms with van der Waals surface area (Å²) in [6.45, 7) is 2.95. The van der Waals surface area contributed by atoms with Crippen LogP contribution in [-0.4, -0.2) is 24.2 Å². The highest BCUT2D eigenvalue weighted by Gasteiger charge is 2.13. The Kier molecular flexibility index (Phi) is 5.60. The third-order valence-corrected chi connectivity index (χ3v) is 4.23. The molecule has 3 nitrogen and oxygen atoms in total. The molecule has 1 aliphatic carbocycles. The van der Waals surface area contributed by atoms with E-state index in [2.05, 4.69) is 30.4 Å². The van der Waals surface area contributed by atoms with Gasteiger partial charge in [0.15, 0.2) is 0 Å². The lowest BCUT2D eigenvalue weighted by Gasteiger charge is -2.14. The van der Waals surface area contributed by atoms with Gasteiger partial charge in [0.05, 0.1) is 6.42 Å². The first kappa shape index (κ1) is 15.0. The molecule has 110 valence electrons. The van der Waals surface area contributed by atoms with Crippen LogP contribution in [0.1, 0.15) is 42.9 Å². The largest absolute Gasteiger partial charge is 0.396 e. The molecular formula is C17H25NO2. The second-order valence-electron chi connectivity index (χ2n) is 5.72. The van der Waals surface area contributed by atoms with Crippen LogP contribution in [-0.2, 0) is 24.1 Å². The molecule has 0 saturated heterocycles. The molecule has 0 bridgehead atoms. The molecule has 0 fully saturated rings. The van der Waals surface area contributed by atoms with E-state index >= 15 is 0 Å². The second kappa shape index (κ2) is 7.44. The van der Waals surface area contributed by atoms with Crippen LogP contribution in [0.15, 0.2) is 18.2 Å². The summed E-state index contributed by atoms with van der Waals surface area (Å²) >= 11 is 0. The van der Waals surface area contributed by atoms with Gasteiger partial charge in [-0.05, 0) is 48.3 Å². The van der Waals surface area contributed by atoms with Gasteiger partial charge in [-0.3, -0.25) is 4.79 Å². The number of aryl methyl sites for hydroxylation is 2. The van der Waals surface area contributed by atoms with Crippen molar-refractivity contribution in [2.75, 3.05) is 13.2 Å². The van der Waals surface area contributed by atoms with Gasteiger partial charge < -0.3 is 10.4 Å². The first-order valence-corrected chi connectivity index (χ1v) is 7.71. The molecule has 2 N–H and O–H groups in total. The molecule has 1 amide bonds. The highest BCUT2D eigenvalue weighted by atomic mass is 16.3. The van der Waals surface area contributed by atoms with Crippen molar-refractivity contribution in [2.24, 2.45) is 5.92 Å². The van der Waals surface area contributed by atoms with Crippen molar-refractivity contribution in [3.05, 3.63) is 34.9 Å². The predicted octanol–water partition coefficient (Wildman–Crippen LogP) is 2.24. The van der Waals surface area contributed by atoms with Gasteiger partial charge in [0.25, 0.3) is 0 Å². The maximum atomic E-state index is 12.0. The predicted molar refractivity (Wildman–Crippen MR) is 80.7 cm³/mol. The van der Waals surface area contributed by atoms with Crippen LogP contribution >= 0.6 is 0 Å². The SMILES string of the molecule is CCC(CCO)CNC(=O)Cc1ccc2c(c1)CCC2. The molecule has 2 rings (SSSR count). The zero-order valence-electron chi connectivity index (χ0n) is 12.3. The molecular weight excluding hydrogens is 250 g/mol. The summed E-state index contributed by atoms with van der Waals surface area (Å²) in [4.78, 5) is 12.0. The lowest BCUT2D eigenvalue weighted by molar-refractivity contribution is -0.120. The number of carbonyl (C=O) groups is 1. The first-order chi connectivity index (χ1) is 9.72. The third kappa shape index (κ3) is 4.07. The number of hydrogen-bond acceptors (Lipinski definition) is 2. The van der Waals surface area contributed by atoms with Crippen LogP contribution in [0, 0.1) is 5.92 Å². The van der Waals surface area contributed by atoms with Crippen molar-refractivity contribution >= 4 is 5.91 Å². The van der Waals surface area contributed by atoms with Crippen molar-refractivity contribution in [3.8, 4) is 0 Å². The smallest absolute Gasteiger partial charge is 0.224 e. The molecule has 0 aliphatic heterocycles. The summed E-state index contributed by atoms with van der Waals surface area (Å²) in [5, 5.41) is 11.9. The van der Waals surface area contributed by atoms with E-state index in [4.69, 9.17) is 5.11 Å². The Morgan fingerprint density at radius 1 is 1.35 bits per heavy atom. The van der Waals surface area contributed by atoms with Crippen LogP contribution in [0.5, 0.6) is 0 Å². The van der Waals surface area contributed by atoms with Crippen molar-refractivity contribution in [1.29, 1.82) is 0 Å². The Morgan fingerprint density at radius 2 is 2.15 bits per heavy atom. The maximum absolute atomic E-state index is 12.0. The molecule has 0 spiro atoms. The molecule has 1 aliphatic rings. The van der Waals surface area contributed by atoms with Crippen molar-refractivity contribution in [1.82, 2.24) is 5.32 Å². The summed E-state index contributed by atoms with van der Waals surface area (Å²) in [5.41, 5.74) is 3.98. The third-order valence-electron chi connectivity index (χ3n) is 4.23. The van der Waals surface area contributed by atoms with Gasteiger partial charge >= 0.3 is 0 Å². The second-order valence-corrected chi connectivity index (χ2v) is 5.72. The van der Waals surface area contributed by atoms with E-state index in [0.717, 1.165) is 24.8 Å². The summed E-state index contributed by atoms with van der Waals surface area (Å²) in [6, 6.07) is 6.44. The molecule has 0 radical (unpaired) electrons. The number of benzene rings is 1. The molecule has 1 aromatic carbocycles. The highest BCUT2D eigenvalue weighted by molar-refractivity contribution is 5.78. The van der Waals surface area contributed by atoms with E-state index in [9.17, 15) is 4.79 Å². The Balaban J connectivity index is 1.82. The fourth-order valence-corrected chi connectivity index (χ4v) is 2.87. The van der Waals surface area contributed by atoms with Gasteiger partial charge in [0.1, 0.15) is 0 Å². The van der Waals surface area contributed by atoms with Crippen LogP contribution in [0.4, 0.5) is 0 Å². The zero-order valence-corrected chi connectivity index (χ0v) is 12.3. The number of nitrogens with one attached hydrogen (secondary N) is 1. The van der Waals surface area contributed by atoms with Crippen LogP contribution < -0.4 is 5.32 Å². The van der Waals surface area contributed by atoms with E-state index in [1.165, 1.54) is 24.0 Å². The number of carbonyl (C=O) groups excluding carboxylic acids is 1. The number of hydrogen-bond donors (Lipinski definition) is 2. The molecule has 0 heterocycles. The normalized spacial score (nSPS) is 14.9. The van der Waals surface area contributed by atoms with Crippen molar-refractivity contribution in [2.45, 2.75) is 45.4 Å². The molecule has 1 aromatic rings. The van der Waals surface area contributed by atoms with Gasteiger partial charge in [0.2, 0.25) is 5.91 Å². The minimum absolute atomic E-state index is 0.0827. The number of aliphatic hydroxyl groups is 1. The van der Waals surface area contributed by atoms with Gasteiger partial charge in [-0.25, -0.2) is 0 Å². The van der Waals surface area contributed by atoms with Gasteiger partial charge in [-0.2, -0.15) is 0 Å².